The van der Waals surface area contributed by atoms with Gasteiger partial charge >= 0.3 is 0 Å². The van der Waals surface area contributed by atoms with E-state index in [0.29, 0.717) is 9.23 Å². The normalized spacial score (nSPS) is 16.9. The number of benzene rings is 1. The largest absolute Gasteiger partial charge is 0.497 e. The van der Waals surface area contributed by atoms with Gasteiger partial charge in [-0.3, -0.25) is 9.69 Å². The third-order valence-corrected chi connectivity index (χ3v) is 4.65. The Morgan fingerprint density at radius 3 is 2.62 bits per heavy atom. The van der Waals surface area contributed by atoms with Gasteiger partial charge in [-0.15, -0.1) is 0 Å². The molecule has 1 aliphatic rings. The van der Waals surface area contributed by atoms with Gasteiger partial charge in [0.25, 0.3) is 5.91 Å². The summed E-state index contributed by atoms with van der Waals surface area (Å²) in [5.41, 5.74) is 0.977. The second kappa shape index (κ2) is 7.61. The number of methoxy groups -OCH3 is 1. The van der Waals surface area contributed by atoms with E-state index in [-0.39, 0.29) is 5.91 Å². The minimum Gasteiger partial charge on any atom is -0.497 e. The first-order chi connectivity index (χ1) is 10.2. The fraction of sp³-hybridized carbons (Fsp3) is 0.375. The first kappa shape index (κ1) is 16.0. The molecule has 0 radical (unpaired) electrons. The molecule has 2 rings (SSSR count). The van der Waals surface area contributed by atoms with E-state index in [9.17, 15) is 4.79 Å². The van der Waals surface area contributed by atoms with Crippen molar-refractivity contribution in [2.24, 2.45) is 0 Å². The summed E-state index contributed by atoms with van der Waals surface area (Å²) >= 11 is 6.69. The lowest BCUT2D eigenvalue weighted by atomic mass is 10.2. The molecular formula is C16H19NO2S2. The second-order valence-corrected chi connectivity index (χ2v) is 6.49. The maximum Gasteiger partial charge on any atom is 0.266 e. The topological polar surface area (TPSA) is 29.5 Å². The average molecular weight is 321 g/mol. The van der Waals surface area contributed by atoms with Gasteiger partial charge in [0.1, 0.15) is 10.1 Å². The Morgan fingerprint density at radius 2 is 2.00 bits per heavy atom. The first-order valence-electron chi connectivity index (χ1n) is 7.05. The van der Waals surface area contributed by atoms with Crippen molar-refractivity contribution in [1.29, 1.82) is 0 Å². The molecular weight excluding hydrogens is 302 g/mol. The third kappa shape index (κ3) is 4.08. The van der Waals surface area contributed by atoms with E-state index in [0.717, 1.165) is 37.1 Å². The zero-order valence-corrected chi connectivity index (χ0v) is 13.9. The minimum absolute atomic E-state index is 0.0249. The molecule has 112 valence electrons. The van der Waals surface area contributed by atoms with Gasteiger partial charge in [-0.1, -0.05) is 55.9 Å². The minimum atomic E-state index is 0.0249. The van der Waals surface area contributed by atoms with Crippen LogP contribution in [0.2, 0.25) is 0 Å². The average Bonchev–Trinajstić information content (AvgIpc) is 2.75. The molecule has 0 spiro atoms. The van der Waals surface area contributed by atoms with Gasteiger partial charge in [0.15, 0.2) is 0 Å². The van der Waals surface area contributed by atoms with Crippen molar-refractivity contribution in [1.82, 2.24) is 4.90 Å². The smallest absolute Gasteiger partial charge is 0.266 e. The third-order valence-electron chi connectivity index (χ3n) is 3.27. The highest BCUT2D eigenvalue weighted by Gasteiger charge is 2.31. The molecule has 5 heteroatoms. The molecule has 0 saturated carbocycles. The zero-order valence-electron chi connectivity index (χ0n) is 12.3. The summed E-state index contributed by atoms with van der Waals surface area (Å²) < 4.78 is 5.79. The summed E-state index contributed by atoms with van der Waals surface area (Å²) in [5, 5.41) is 0. The standard InChI is InChI=1S/C16H19NO2S2/c1-3-4-5-10-17-15(18)14(21-16(17)20)11-12-6-8-13(19-2)9-7-12/h6-9,11H,3-5,10H2,1-2H3/b14-11-. The van der Waals surface area contributed by atoms with Crippen LogP contribution in [0.1, 0.15) is 31.7 Å². The predicted octanol–water partition coefficient (Wildman–Crippen LogP) is 4.09. The summed E-state index contributed by atoms with van der Waals surface area (Å²) in [5.74, 6) is 0.830. The van der Waals surface area contributed by atoms with Crippen LogP contribution in [0.3, 0.4) is 0 Å². The number of hydrogen-bond acceptors (Lipinski definition) is 4. The number of unbranched alkanes of at least 4 members (excludes halogenated alkanes) is 2. The number of carbonyl (C=O) groups excluding carboxylic acids is 1. The molecule has 1 heterocycles. The fourth-order valence-electron chi connectivity index (χ4n) is 2.06. The van der Waals surface area contributed by atoms with E-state index in [4.69, 9.17) is 17.0 Å². The predicted molar refractivity (Wildman–Crippen MR) is 92.4 cm³/mol. The lowest BCUT2D eigenvalue weighted by Gasteiger charge is -2.13. The summed E-state index contributed by atoms with van der Waals surface area (Å²) in [6.45, 7) is 2.87. The van der Waals surface area contributed by atoms with Crippen LogP contribution in [0.5, 0.6) is 5.75 Å². The van der Waals surface area contributed by atoms with Crippen LogP contribution >= 0.6 is 24.0 Å². The number of rotatable bonds is 6. The maximum absolute atomic E-state index is 12.4. The van der Waals surface area contributed by atoms with Crippen LogP contribution in [-0.2, 0) is 4.79 Å². The lowest BCUT2D eigenvalue weighted by molar-refractivity contribution is -0.122. The molecule has 0 aliphatic carbocycles. The van der Waals surface area contributed by atoms with Crippen molar-refractivity contribution in [3.63, 3.8) is 0 Å². The summed E-state index contributed by atoms with van der Waals surface area (Å²) in [6, 6.07) is 7.63. The van der Waals surface area contributed by atoms with Gasteiger partial charge in [0, 0.05) is 6.54 Å². The molecule has 1 fully saturated rings. The molecule has 0 unspecified atom stereocenters. The molecule has 3 nitrogen and oxygen atoms in total. The molecule has 21 heavy (non-hydrogen) atoms. The SMILES string of the molecule is CCCCCN1C(=O)/C(=C/c2ccc(OC)cc2)SC1=S. The Morgan fingerprint density at radius 1 is 1.29 bits per heavy atom. The Labute approximate surface area is 135 Å². The van der Waals surface area contributed by atoms with E-state index in [1.165, 1.54) is 11.8 Å². The van der Waals surface area contributed by atoms with E-state index in [2.05, 4.69) is 6.92 Å². The van der Waals surface area contributed by atoms with Gasteiger partial charge in [-0.2, -0.15) is 0 Å². The Kier molecular flexibility index (Phi) is 5.82. The number of carbonyl (C=O) groups is 1. The van der Waals surface area contributed by atoms with Crippen LogP contribution in [0.15, 0.2) is 29.2 Å². The highest BCUT2D eigenvalue weighted by Crippen LogP contribution is 2.32. The number of thioether (sulfide) groups is 1. The molecule has 1 aliphatic heterocycles. The second-order valence-electron chi connectivity index (χ2n) is 4.81. The van der Waals surface area contributed by atoms with Crippen molar-refractivity contribution in [3.05, 3.63) is 34.7 Å². The van der Waals surface area contributed by atoms with E-state index in [1.807, 2.05) is 30.3 Å². The van der Waals surface area contributed by atoms with Gasteiger partial charge < -0.3 is 4.74 Å². The summed E-state index contributed by atoms with van der Waals surface area (Å²) in [4.78, 5) is 14.8. The van der Waals surface area contributed by atoms with Crippen molar-refractivity contribution < 1.29 is 9.53 Å². The van der Waals surface area contributed by atoms with Crippen LogP contribution in [0, 0.1) is 0 Å². The molecule has 1 saturated heterocycles. The number of amides is 1. The van der Waals surface area contributed by atoms with Gasteiger partial charge in [0.2, 0.25) is 0 Å². The molecule has 0 aromatic heterocycles. The molecule has 1 aromatic rings. The van der Waals surface area contributed by atoms with E-state index in [1.54, 1.807) is 12.0 Å². The van der Waals surface area contributed by atoms with Crippen molar-refractivity contribution in [2.45, 2.75) is 26.2 Å². The van der Waals surface area contributed by atoms with Crippen molar-refractivity contribution in [3.8, 4) is 5.75 Å². The molecule has 1 amide bonds. The number of thiocarbonyl (C=S) groups is 1. The summed E-state index contributed by atoms with van der Waals surface area (Å²) in [6.07, 6.45) is 5.14. The molecule has 0 N–H and O–H groups in total. The van der Waals surface area contributed by atoms with Gasteiger partial charge in [0.05, 0.1) is 12.0 Å². The van der Waals surface area contributed by atoms with Crippen LogP contribution in [-0.4, -0.2) is 28.8 Å². The monoisotopic (exact) mass is 321 g/mol. The molecule has 0 atom stereocenters. The highest BCUT2D eigenvalue weighted by atomic mass is 32.2. The van der Waals surface area contributed by atoms with Crippen molar-refractivity contribution in [2.75, 3.05) is 13.7 Å². The van der Waals surface area contributed by atoms with Crippen LogP contribution in [0.4, 0.5) is 0 Å². The zero-order chi connectivity index (χ0) is 15.2. The maximum atomic E-state index is 12.4. The first-order valence-corrected chi connectivity index (χ1v) is 8.27. The summed E-state index contributed by atoms with van der Waals surface area (Å²) in [7, 11) is 1.64. The Balaban J connectivity index is 2.08. The quantitative estimate of drug-likeness (QED) is 0.448. The number of hydrogen-bond donors (Lipinski definition) is 0. The number of ether oxygens (including phenoxy) is 1. The van der Waals surface area contributed by atoms with E-state index >= 15 is 0 Å². The van der Waals surface area contributed by atoms with Crippen LogP contribution in [0.25, 0.3) is 6.08 Å². The Hall–Kier alpha value is -1.33. The highest BCUT2D eigenvalue weighted by molar-refractivity contribution is 8.26. The van der Waals surface area contributed by atoms with Gasteiger partial charge in [-0.05, 0) is 30.2 Å². The fourth-order valence-corrected chi connectivity index (χ4v) is 3.37. The Bertz CT molecular complexity index is 552. The van der Waals surface area contributed by atoms with E-state index < -0.39 is 0 Å². The van der Waals surface area contributed by atoms with Crippen LogP contribution < -0.4 is 4.74 Å². The molecule has 0 bridgehead atoms. The van der Waals surface area contributed by atoms with Gasteiger partial charge in [-0.25, -0.2) is 0 Å². The molecule has 1 aromatic carbocycles. The van der Waals surface area contributed by atoms with Crippen molar-refractivity contribution >= 4 is 40.3 Å². The lowest BCUT2D eigenvalue weighted by Crippen LogP contribution is -2.28. The number of nitrogens with zero attached hydrogens (tertiary/aromatic N) is 1.